The van der Waals surface area contributed by atoms with Crippen LogP contribution in [0.2, 0.25) is 0 Å². The Hall–Kier alpha value is -3.59. The summed E-state index contributed by atoms with van der Waals surface area (Å²) in [7, 11) is 1.51. The molecule has 0 aliphatic rings. The number of rotatable bonds is 5. The molecule has 1 amide bonds. The zero-order chi connectivity index (χ0) is 20.4. The Bertz CT molecular complexity index is 1250. The lowest BCUT2D eigenvalue weighted by molar-refractivity contribution is -0.116. The Morgan fingerprint density at radius 2 is 1.97 bits per heavy atom. The van der Waals surface area contributed by atoms with Gasteiger partial charge in [-0.2, -0.15) is 4.37 Å². The predicted molar refractivity (Wildman–Crippen MR) is 109 cm³/mol. The highest BCUT2D eigenvalue weighted by atomic mass is 32.1. The lowest BCUT2D eigenvalue weighted by Gasteiger charge is -2.10. The number of para-hydroxylation sites is 2. The summed E-state index contributed by atoms with van der Waals surface area (Å²) in [6.07, 6.45) is 1.31. The van der Waals surface area contributed by atoms with Gasteiger partial charge in [-0.05, 0) is 47.9 Å². The molecule has 7 nitrogen and oxygen atoms in total. The van der Waals surface area contributed by atoms with E-state index in [9.17, 15) is 14.0 Å². The zero-order valence-corrected chi connectivity index (χ0v) is 16.1. The third kappa shape index (κ3) is 3.72. The van der Waals surface area contributed by atoms with Crippen molar-refractivity contribution < 1.29 is 13.9 Å². The predicted octanol–water partition coefficient (Wildman–Crippen LogP) is 3.31. The number of hydrogen-bond donors (Lipinski definition) is 1. The first-order chi connectivity index (χ1) is 14.1. The van der Waals surface area contributed by atoms with E-state index >= 15 is 0 Å². The van der Waals surface area contributed by atoms with E-state index in [4.69, 9.17) is 4.74 Å². The summed E-state index contributed by atoms with van der Waals surface area (Å²) in [4.78, 5) is 29.5. The molecule has 146 valence electrons. The molecule has 9 heteroatoms. The second-order valence-corrected chi connectivity index (χ2v) is 6.92. The van der Waals surface area contributed by atoms with E-state index < -0.39 is 0 Å². The third-order valence-electron chi connectivity index (χ3n) is 4.26. The molecule has 0 aliphatic carbocycles. The van der Waals surface area contributed by atoms with Gasteiger partial charge in [0, 0.05) is 5.56 Å². The lowest BCUT2D eigenvalue weighted by atomic mass is 10.1. The summed E-state index contributed by atoms with van der Waals surface area (Å²) in [5.41, 5.74) is 1.74. The van der Waals surface area contributed by atoms with E-state index in [-0.39, 0.29) is 23.8 Å². The molecule has 0 fully saturated rings. The Kier molecular flexibility index (Phi) is 5.05. The first-order valence-corrected chi connectivity index (χ1v) is 9.38. The summed E-state index contributed by atoms with van der Waals surface area (Å²) in [5.74, 6) is -0.223. The molecule has 0 aliphatic heterocycles. The highest BCUT2D eigenvalue weighted by Crippen LogP contribution is 2.27. The van der Waals surface area contributed by atoms with Crippen LogP contribution in [-0.2, 0) is 11.3 Å². The smallest absolute Gasteiger partial charge is 0.273 e. The summed E-state index contributed by atoms with van der Waals surface area (Å²) < 4.78 is 24.2. The molecule has 0 unspecified atom stereocenters. The van der Waals surface area contributed by atoms with Crippen molar-refractivity contribution in [2.45, 2.75) is 6.54 Å². The molecule has 0 spiro atoms. The maximum Gasteiger partial charge on any atom is 0.273 e. The maximum atomic E-state index is 13.2. The lowest BCUT2D eigenvalue weighted by Crippen LogP contribution is -2.27. The number of benzene rings is 2. The third-order valence-corrected chi connectivity index (χ3v) is 5.09. The minimum Gasteiger partial charge on any atom is -0.495 e. The number of fused-ring (bicyclic) bond motifs is 1. The fourth-order valence-electron chi connectivity index (χ4n) is 2.86. The molecule has 2 heterocycles. The number of aromatic nitrogens is 3. The summed E-state index contributed by atoms with van der Waals surface area (Å²) in [5, 5.41) is 2.72. The fourth-order valence-corrected chi connectivity index (χ4v) is 3.66. The highest BCUT2D eigenvalue weighted by Gasteiger charge is 2.16. The number of amides is 1. The van der Waals surface area contributed by atoms with E-state index in [1.807, 2.05) is 0 Å². The first-order valence-electron chi connectivity index (χ1n) is 8.60. The average molecular weight is 410 g/mol. The number of nitrogens with zero attached hydrogens (tertiary/aromatic N) is 3. The van der Waals surface area contributed by atoms with Gasteiger partial charge in [-0.15, -0.1) is 0 Å². The van der Waals surface area contributed by atoms with E-state index in [1.54, 1.807) is 36.4 Å². The van der Waals surface area contributed by atoms with Gasteiger partial charge in [-0.25, -0.2) is 9.37 Å². The van der Waals surface area contributed by atoms with Crippen molar-refractivity contribution >= 4 is 33.3 Å². The summed E-state index contributed by atoms with van der Waals surface area (Å²) in [6.45, 7) is -0.205. The van der Waals surface area contributed by atoms with E-state index in [1.165, 1.54) is 30.1 Å². The van der Waals surface area contributed by atoms with Crippen molar-refractivity contribution in [3.63, 3.8) is 0 Å². The number of hydrogen-bond acceptors (Lipinski definition) is 6. The van der Waals surface area contributed by atoms with Gasteiger partial charge < -0.3 is 10.1 Å². The number of carbonyl (C=O) groups excluding carboxylic acids is 1. The van der Waals surface area contributed by atoms with E-state index in [0.717, 1.165) is 11.5 Å². The molecule has 1 N–H and O–H groups in total. The van der Waals surface area contributed by atoms with Crippen LogP contribution in [0.15, 0.2) is 59.7 Å². The van der Waals surface area contributed by atoms with Crippen molar-refractivity contribution in [1.82, 2.24) is 13.9 Å². The minimum absolute atomic E-state index is 0.205. The van der Waals surface area contributed by atoms with Gasteiger partial charge in [0.05, 0.1) is 19.1 Å². The fraction of sp³-hybridized carbons (Fsp3) is 0.100. The monoisotopic (exact) mass is 410 g/mol. The number of nitrogens with one attached hydrogen (secondary N) is 1. The van der Waals surface area contributed by atoms with Crippen molar-refractivity contribution in [3.8, 4) is 17.0 Å². The topological polar surface area (TPSA) is 86.1 Å². The first kappa shape index (κ1) is 18.8. The molecule has 2 aromatic heterocycles. The van der Waals surface area contributed by atoms with Crippen LogP contribution in [0, 0.1) is 5.82 Å². The van der Waals surface area contributed by atoms with Crippen LogP contribution in [0.5, 0.6) is 5.75 Å². The summed E-state index contributed by atoms with van der Waals surface area (Å²) in [6, 6.07) is 12.8. The molecular formula is C20H15FN4O3S. The molecule has 2 aromatic carbocycles. The van der Waals surface area contributed by atoms with Crippen LogP contribution in [-0.4, -0.2) is 26.9 Å². The van der Waals surface area contributed by atoms with Crippen LogP contribution >= 0.6 is 11.5 Å². The maximum absolute atomic E-state index is 13.2. The zero-order valence-electron chi connectivity index (χ0n) is 15.3. The normalized spacial score (nSPS) is 10.8. The molecule has 0 saturated heterocycles. The number of anilines is 1. The highest BCUT2D eigenvalue weighted by molar-refractivity contribution is 7.13. The van der Waals surface area contributed by atoms with Crippen molar-refractivity contribution in [2.75, 3.05) is 12.4 Å². The van der Waals surface area contributed by atoms with Crippen LogP contribution < -0.4 is 15.6 Å². The van der Waals surface area contributed by atoms with Crippen LogP contribution in [0.1, 0.15) is 0 Å². The quantitative estimate of drug-likeness (QED) is 0.546. The Morgan fingerprint density at radius 3 is 2.72 bits per heavy atom. The van der Waals surface area contributed by atoms with E-state index in [0.29, 0.717) is 32.9 Å². The largest absolute Gasteiger partial charge is 0.495 e. The summed E-state index contributed by atoms with van der Waals surface area (Å²) >= 11 is 1.000. The molecule has 0 saturated carbocycles. The number of carbonyl (C=O) groups is 1. The molecule has 29 heavy (non-hydrogen) atoms. The van der Waals surface area contributed by atoms with Gasteiger partial charge in [0.1, 0.15) is 34.0 Å². The molecule has 0 bridgehead atoms. The van der Waals surface area contributed by atoms with Crippen molar-refractivity contribution in [3.05, 3.63) is 71.0 Å². The van der Waals surface area contributed by atoms with Crippen LogP contribution in [0.25, 0.3) is 21.5 Å². The van der Waals surface area contributed by atoms with Gasteiger partial charge in [-0.3, -0.25) is 14.2 Å². The molecule has 0 radical (unpaired) electrons. The van der Waals surface area contributed by atoms with Gasteiger partial charge in [-0.1, -0.05) is 12.1 Å². The number of ether oxygens (including phenoxy) is 1. The second-order valence-electron chi connectivity index (χ2n) is 6.14. The minimum atomic E-state index is -0.388. The van der Waals surface area contributed by atoms with Gasteiger partial charge in [0.2, 0.25) is 5.91 Å². The van der Waals surface area contributed by atoms with Gasteiger partial charge in [0.25, 0.3) is 5.56 Å². The van der Waals surface area contributed by atoms with Crippen LogP contribution in [0.4, 0.5) is 10.1 Å². The SMILES string of the molecule is COc1ccccc1NC(=O)Cn1cnc2c(-c3ccc(F)cc3)nsc2c1=O. The molecule has 0 atom stereocenters. The number of methoxy groups -OCH3 is 1. The van der Waals surface area contributed by atoms with Gasteiger partial charge >= 0.3 is 0 Å². The molecule has 4 rings (SSSR count). The number of halogens is 1. The van der Waals surface area contributed by atoms with Gasteiger partial charge in [0.15, 0.2) is 0 Å². The van der Waals surface area contributed by atoms with Crippen molar-refractivity contribution in [2.24, 2.45) is 0 Å². The average Bonchev–Trinajstić information content (AvgIpc) is 3.16. The standard InChI is InChI=1S/C20H15FN4O3S/c1-28-15-5-3-2-4-14(15)23-16(26)10-25-11-22-18-17(24-29-19(18)20(25)27)12-6-8-13(21)9-7-12/h2-9,11H,10H2,1H3,(H,23,26). The van der Waals surface area contributed by atoms with Crippen molar-refractivity contribution in [1.29, 1.82) is 0 Å². The Morgan fingerprint density at radius 1 is 1.21 bits per heavy atom. The molecular weight excluding hydrogens is 395 g/mol. The van der Waals surface area contributed by atoms with Crippen LogP contribution in [0.3, 0.4) is 0 Å². The Balaban J connectivity index is 1.60. The second kappa shape index (κ2) is 7.80. The Labute approximate surface area is 168 Å². The van der Waals surface area contributed by atoms with E-state index in [2.05, 4.69) is 14.7 Å². The molecule has 4 aromatic rings.